The average molecular weight is 197 g/mol. The highest BCUT2D eigenvalue weighted by Crippen LogP contribution is 2.27. The highest BCUT2D eigenvalue weighted by Gasteiger charge is 2.21. The van der Waals surface area contributed by atoms with Gasteiger partial charge in [0.1, 0.15) is 0 Å². The molecule has 14 heavy (non-hydrogen) atoms. The second-order valence-corrected chi connectivity index (χ2v) is 4.21. The fourth-order valence-corrected chi connectivity index (χ4v) is 1.73. The van der Waals surface area contributed by atoms with Gasteiger partial charge in [0.05, 0.1) is 6.54 Å². The minimum absolute atomic E-state index is 0.257. The molecule has 2 aliphatic rings. The van der Waals surface area contributed by atoms with Gasteiger partial charge in [-0.2, -0.15) is 0 Å². The normalized spacial score (nSPS) is 22.4. The van der Waals surface area contributed by atoms with Gasteiger partial charge in [0.25, 0.3) is 0 Å². The van der Waals surface area contributed by atoms with E-state index in [0.717, 1.165) is 38.6 Å². The molecule has 0 unspecified atom stereocenters. The van der Waals surface area contributed by atoms with Gasteiger partial charge in [-0.15, -0.1) is 0 Å². The van der Waals surface area contributed by atoms with E-state index < -0.39 is 0 Å². The van der Waals surface area contributed by atoms with Crippen LogP contribution < -0.4 is 10.6 Å². The molecule has 0 aromatic carbocycles. The van der Waals surface area contributed by atoms with Crippen LogP contribution in [0.5, 0.6) is 0 Å². The monoisotopic (exact) mass is 197 g/mol. The number of hydrogen-bond donors (Lipinski definition) is 2. The van der Waals surface area contributed by atoms with Crippen LogP contribution >= 0.6 is 0 Å². The molecule has 1 saturated carbocycles. The molecular formula is C10H19N3O. The van der Waals surface area contributed by atoms with Gasteiger partial charge in [-0.3, -0.25) is 4.79 Å². The molecule has 0 spiro atoms. The van der Waals surface area contributed by atoms with Gasteiger partial charge in [0, 0.05) is 26.2 Å². The molecule has 80 valence electrons. The molecule has 2 N–H and O–H groups in total. The first kappa shape index (κ1) is 9.93. The molecule has 1 aliphatic heterocycles. The summed E-state index contributed by atoms with van der Waals surface area (Å²) >= 11 is 0. The molecule has 2 rings (SSSR count). The largest absolute Gasteiger partial charge is 0.339 e. The lowest BCUT2D eigenvalue weighted by Crippen LogP contribution is -2.49. The van der Waals surface area contributed by atoms with Crippen LogP contribution in [-0.2, 0) is 4.79 Å². The summed E-state index contributed by atoms with van der Waals surface area (Å²) in [5.41, 5.74) is 0. The smallest absolute Gasteiger partial charge is 0.236 e. The Hall–Kier alpha value is -0.610. The third-order valence-electron chi connectivity index (χ3n) is 2.88. The van der Waals surface area contributed by atoms with Crippen LogP contribution in [-0.4, -0.2) is 50.1 Å². The first-order valence-corrected chi connectivity index (χ1v) is 5.55. The van der Waals surface area contributed by atoms with Gasteiger partial charge >= 0.3 is 0 Å². The van der Waals surface area contributed by atoms with E-state index in [1.807, 2.05) is 4.90 Å². The van der Waals surface area contributed by atoms with E-state index in [-0.39, 0.29) is 5.91 Å². The molecule has 0 aromatic heterocycles. The lowest BCUT2D eigenvalue weighted by atomic mass is 10.3. The third kappa shape index (κ3) is 2.96. The second kappa shape index (κ2) is 4.75. The number of rotatable bonds is 4. The van der Waals surface area contributed by atoms with E-state index in [9.17, 15) is 4.79 Å². The molecule has 0 atom stereocenters. The Labute approximate surface area is 85.0 Å². The lowest BCUT2D eigenvalue weighted by molar-refractivity contribution is -0.130. The third-order valence-corrected chi connectivity index (χ3v) is 2.88. The van der Waals surface area contributed by atoms with Crippen molar-refractivity contribution in [2.75, 3.05) is 39.3 Å². The van der Waals surface area contributed by atoms with Crippen molar-refractivity contribution in [2.45, 2.75) is 12.8 Å². The Kier molecular flexibility index (Phi) is 3.37. The number of nitrogens with zero attached hydrogens (tertiary/aromatic N) is 1. The van der Waals surface area contributed by atoms with E-state index >= 15 is 0 Å². The first-order chi connectivity index (χ1) is 6.86. The summed E-state index contributed by atoms with van der Waals surface area (Å²) in [5, 5.41) is 6.47. The van der Waals surface area contributed by atoms with E-state index in [2.05, 4.69) is 10.6 Å². The maximum Gasteiger partial charge on any atom is 0.236 e. The Morgan fingerprint density at radius 3 is 2.71 bits per heavy atom. The van der Waals surface area contributed by atoms with Crippen LogP contribution in [0.4, 0.5) is 0 Å². The summed E-state index contributed by atoms with van der Waals surface area (Å²) in [6.45, 7) is 5.16. The van der Waals surface area contributed by atoms with Crippen molar-refractivity contribution in [3.8, 4) is 0 Å². The standard InChI is InChI=1S/C10H19N3O/c14-10(8-12-7-9-1-2-9)13-5-3-11-4-6-13/h9,11-12H,1-8H2. The highest BCUT2D eigenvalue weighted by atomic mass is 16.2. The number of carbonyl (C=O) groups is 1. The predicted octanol–water partition coefficient (Wildman–Crippen LogP) is -0.582. The van der Waals surface area contributed by atoms with Gasteiger partial charge in [-0.25, -0.2) is 0 Å². The highest BCUT2D eigenvalue weighted by molar-refractivity contribution is 5.78. The summed E-state index contributed by atoms with van der Waals surface area (Å²) in [5.74, 6) is 1.11. The van der Waals surface area contributed by atoms with Crippen LogP contribution in [0.15, 0.2) is 0 Å². The Bertz CT molecular complexity index is 198. The van der Waals surface area contributed by atoms with Crippen LogP contribution in [0.1, 0.15) is 12.8 Å². The van der Waals surface area contributed by atoms with Crippen LogP contribution in [0.2, 0.25) is 0 Å². The number of hydrogen-bond acceptors (Lipinski definition) is 3. The van der Waals surface area contributed by atoms with Crippen LogP contribution in [0, 0.1) is 5.92 Å². The van der Waals surface area contributed by atoms with Crippen molar-refractivity contribution in [1.82, 2.24) is 15.5 Å². The van der Waals surface area contributed by atoms with Crippen LogP contribution in [0.3, 0.4) is 0 Å². The van der Waals surface area contributed by atoms with E-state index in [1.54, 1.807) is 0 Å². The number of piperazine rings is 1. The van der Waals surface area contributed by atoms with Crippen molar-refractivity contribution >= 4 is 5.91 Å². The van der Waals surface area contributed by atoms with E-state index in [4.69, 9.17) is 0 Å². The minimum atomic E-state index is 0.257. The Morgan fingerprint density at radius 1 is 1.36 bits per heavy atom. The van der Waals surface area contributed by atoms with E-state index in [0.29, 0.717) is 6.54 Å². The summed E-state index contributed by atoms with van der Waals surface area (Å²) < 4.78 is 0. The maximum absolute atomic E-state index is 11.6. The summed E-state index contributed by atoms with van der Waals surface area (Å²) in [6, 6.07) is 0. The minimum Gasteiger partial charge on any atom is -0.339 e. The Morgan fingerprint density at radius 2 is 2.07 bits per heavy atom. The lowest BCUT2D eigenvalue weighted by Gasteiger charge is -2.27. The van der Waals surface area contributed by atoms with Crippen molar-refractivity contribution < 1.29 is 4.79 Å². The number of carbonyl (C=O) groups excluding carboxylic acids is 1. The molecular weight excluding hydrogens is 178 g/mol. The van der Waals surface area contributed by atoms with E-state index in [1.165, 1.54) is 12.8 Å². The number of nitrogens with one attached hydrogen (secondary N) is 2. The summed E-state index contributed by atoms with van der Waals surface area (Å²) in [4.78, 5) is 13.6. The molecule has 0 radical (unpaired) electrons. The molecule has 2 fully saturated rings. The number of amides is 1. The zero-order chi connectivity index (χ0) is 9.80. The topological polar surface area (TPSA) is 44.4 Å². The van der Waals surface area contributed by atoms with Gasteiger partial charge in [0.2, 0.25) is 5.91 Å². The fourth-order valence-electron chi connectivity index (χ4n) is 1.73. The van der Waals surface area contributed by atoms with Crippen molar-refractivity contribution in [1.29, 1.82) is 0 Å². The maximum atomic E-state index is 11.6. The first-order valence-electron chi connectivity index (χ1n) is 5.55. The van der Waals surface area contributed by atoms with Crippen molar-refractivity contribution in [3.05, 3.63) is 0 Å². The average Bonchev–Trinajstić information content (AvgIpc) is 3.03. The molecule has 1 saturated heterocycles. The van der Waals surface area contributed by atoms with Crippen molar-refractivity contribution in [2.24, 2.45) is 5.92 Å². The SMILES string of the molecule is O=C(CNCC1CC1)N1CCNCC1. The molecule has 1 heterocycles. The molecule has 4 nitrogen and oxygen atoms in total. The molecule has 4 heteroatoms. The summed E-state index contributed by atoms with van der Waals surface area (Å²) in [7, 11) is 0. The predicted molar refractivity (Wildman–Crippen MR) is 55.0 cm³/mol. The van der Waals surface area contributed by atoms with Gasteiger partial charge in [-0.05, 0) is 25.3 Å². The summed E-state index contributed by atoms with van der Waals surface area (Å²) in [6.07, 6.45) is 2.68. The zero-order valence-corrected chi connectivity index (χ0v) is 8.59. The molecule has 0 aromatic rings. The van der Waals surface area contributed by atoms with Crippen molar-refractivity contribution in [3.63, 3.8) is 0 Å². The quantitative estimate of drug-likeness (QED) is 0.633. The fraction of sp³-hybridized carbons (Fsp3) is 0.900. The Balaban J connectivity index is 1.60. The second-order valence-electron chi connectivity index (χ2n) is 4.21. The van der Waals surface area contributed by atoms with Gasteiger partial charge in [0.15, 0.2) is 0 Å². The molecule has 1 amide bonds. The molecule has 0 bridgehead atoms. The van der Waals surface area contributed by atoms with Gasteiger partial charge in [-0.1, -0.05) is 0 Å². The van der Waals surface area contributed by atoms with Crippen LogP contribution in [0.25, 0.3) is 0 Å². The zero-order valence-electron chi connectivity index (χ0n) is 8.59. The molecule has 1 aliphatic carbocycles. The van der Waals surface area contributed by atoms with Gasteiger partial charge < -0.3 is 15.5 Å².